The summed E-state index contributed by atoms with van der Waals surface area (Å²) in [7, 11) is -3.32. The number of carbonyl (C=O) groups is 1. The molecule has 11 heteroatoms. The summed E-state index contributed by atoms with van der Waals surface area (Å²) in [6.07, 6.45) is 3.60. The van der Waals surface area contributed by atoms with Crippen molar-refractivity contribution < 1.29 is 21.5 Å². The molecule has 0 saturated carbocycles. The maximum atomic E-state index is 14.4. The molecule has 2 aliphatic rings. The number of amides is 2. The molecule has 1 saturated heterocycles. The van der Waals surface area contributed by atoms with Crippen LogP contribution in [-0.2, 0) is 25.7 Å². The molecule has 9 nitrogen and oxygen atoms in total. The third kappa shape index (κ3) is 4.71. The van der Waals surface area contributed by atoms with E-state index < -0.39 is 29.3 Å². The number of rotatable bonds is 9. The van der Waals surface area contributed by atoms with E-state index in [0.29, 0.717) is 27.2 Å². The molecule has 3 aromatic carbocycles. The number of aromatic nitrogens is 1. The zero-order valence-electron chi connectivity index (χ0n) is 24.3. The molecule has 4 aromatic rings. The number of pyridine rings is 1. The van der Waals surface area contributed by atoms with E-state index in [2.05, 4.69) is 0 Å². The molecule has 1 unspecified atom stereocenters. The summed E-state index contributed by atoms with van der Waals surface area (Å²) in [6, 6.07) is 31.1. The summed E-state index contributed by atoms with van der Waals surface area (Å²) in [4.78, 5) is 27.4. The van der Waals surface area contributed by atoms with E-state index in [0.717, 1.165) is 5.06 Å². The Hall–Kier alpha value is -4.34. The molecule has 1 fully saturated rings. The Morgan fingerprint density at radius 2 is 1.34 bits per heavy atom. The van der Waals surface area contributed by atoms with Crippen molar-refractivity contribution in [3.8, 4) is 0 Å². The van der Waals surface area contributed by atoms with Gasteiger partial charge in [-0.1, -0.05) is 0 Å². The van der Waals surface area contributed by atoms with E-state index >= 15 is 0 Å². The minimum absolute atomic E-state index is 0.192. The van der Waals surface area contributed by atoms with Gasteiger partial charge in [0, 0.05) is 0 Å². The van der Waals surface area contributed by atoms with Gasteiger partial charge in [0.2, 0.25) is 0 Å². The number of nitrogens with zero attached hydrogens (tertiary/aromatic N) is 3. The van der Waals surface area contributed by atoms with Gasteiger partial charge >= 0.3 is 257 Å². The number of allylic oxidation sites excluding steroid dienone is 1. The molecule has 44 heavy (non-hydrogen) atoms. The van der Waals surface area contributed by atoms with Gasteiger partial charge in [-0.2, -0.15) is 0 Å². The van der Waals surface area contributed by atoms with E-state index in [-0.39, 0.29) is 18.6 Å². The van der Waals surface area contributed by atoms with E-state index in [9.17, 15) is 18.0 Å². The molecular formula is C33H32N3O6PS. The first-order valence-electron chi connectivity index (χ1n) is 14.1. The SMILES string of the molecule is CC=CP(OS(=O)(=O)ON1C(=O)N2CC=C(c3cccc(=O)n3C)C1C2)(c1ccccc1)(c1ccccc1)c1ccccc1. The number of urea groups is 1. The third-order valence-corrected chi connectivity index (χ3v) is 15.3. The summed E-state index contributed by atoms with van der Waals surface area (Å²) in [5.74, 6) is 1.82. The summed E-state index contributed by atoms with van der Waals surface area (Å²) in [5, 5.41) is 2.76. The number of fused-ring (bicyclic) bond motifs is 2. The van der Waals surface area contributed by atoms with Crippen LogP contribution >= 0.6 is 6.83 Å². The van der Waals surface area contributed by atoms with Crippen molar-refractivity contribution in [1.29, 1.82) is 0 Å². The Morgan fingerprint density at radius 3 is 1.86 bits per heavy atom. The van der Waals surface area contributed by atoms with Gasteiger partial charge in [-0.15, -0.1) is 0 Å². The van der Waals surface area contributed by atoms with Crippen LogP contribution < -0.4 is 21.5 Å². The number of hydrogen-bond acceptors (Lipinski definition) is 6. The molecule has 2 amide bonds. The van der Waals surface area contributed by atoms with Gasteiger partial charge in [-0.25, -0.2) is 0 Å². The molecule has 3 heterocycles. The fourth-order valence-corrected chi connectivity index (χ4v) is 13.7. The molecule has 2 aliphatic heterocycles. The van der Waals surface area contributed by atoms with Crippen LogP contribution in [-0.4, -0.2) is 48.1 Å². The number of hydrogen-bond donors (Lipinski definition) is 0. The van der Waals surface area contributed by atoms with Crippen LogP contribution in [0.4, 0.5) is 4.79 Å². The van der Waals surface area contributed by atoms with Crippen molar-refractivity contribution in [2.24, 2.45) is 7.05 Å². The average Bonchev–Trinajstić information content (AvgIpc) is 3.28. The fraction of sp³-hybridized carbons (Fsp3) is 0.152. The molecule has 1 aromatic heterocycles. The zero-order chi connectivity index (χ0) is 31.0. The van der Waals surface area contributed by atoms with Crippen LogP contribution in [0, 0.1) is 0 Å². The van der Waals surface area contributed by atoms with Gasteiger partial charge in [0.25, 0.3) is 0 Å². The molecule has 0 radical (unpaired) electrons. The zero-order valence-corrected chi connectivity index (χ0v) is 26.0. The normalized spacial score (nSPS) is 17.9. The average molecular weight is 630 g/mol. The van der Waals surface area contributed by atoms with Crippen molar-refractivity contribution in [3.05, 3.63) is 143 Å². The van der Waals surface area contributed by atoms with Crippen molar-refractivity contribution in [2.75, 3.05) is 13.1 Å². The summed E-state index contributed by atoms with van der Waals surface area (Å²) in [6.45, 7) is -2.22. The van der Waals surface area contributed by atoms with Gasteiger partial charge in [0.05, 0.1) is 0 Å². The van der Waals surface area contributed by atoms with Crippen LogP contribution in [0.2, 0.25) is 0 Å². The second kappa shape index (κ2) is 11.3. The predicted octanol–water partition coefficient (Wildman–Crippen LogP) is 4.06. The predicted molar refractivity (Wildman–Crippen MR) is 173 cm³/mol. The van der Waals surface area contributed by atoms with Crippen LogP contribution in [0.25, 0.3) is 5.57 Å². The number of hydroxylamine groups is 2. The van der Waals surface area contributed by atoms with E-state index in [1.165, 1.54) is 15.5 Å². The standard InChI is InChI=1S/C33H32N3O6PS/c1-3-24-43(26-14-7-4-8-15-26,27-16-9-5-10-17-27,28-18-11-6-12-19-28)42-44(39,40)41-36-31-25-35(33(36)38)23-22-29(31)30-20-13-21-32(37)34(30)2/h3-22,24,31H,23,25H2,1-2H3. The van der Waals surface area contributed by atoms with Crippen molar-refractivity contribution in [1.82, 2.24) is 14.5 Å². The second-order valence-electron chi connectivity index (χ2n) is 10.6. The van der Waals surface area contributed by atoms with Gasteiger partial charge < -0.3 is 0 Å². The number of benzene rings is 3. The quantitative estimate of drug-likeness (QED) is 0.259. The Labute approximate surface area is 256 Å². The van der Waals surface area contributed by atoms with E-state index in [1.54, 1.807) is 25.3 Å². The first-order valence-corrected chi connectivity index (χ1v) is 17.7. The Morgan fingerprint density at radius 1 is 0.795 bits per heavy atom. The summed E-state index contributed by atoms with van der Waals surface area (Å²) >= 11 is 0. The molecule has 0 N–H and O–H groups in total. The second-order valence-corrected chi connectivity index (χ2v) is 16.3. The maximum absolute atomic E-state index is 14.4. The monoisotopic (exact) mass is 629 g/mol. The first kappa shape index (κ1) is 29.7. The van der Waals surface area contributed by atoms with Gasteiger partial charge in [0.15, 0.2) is 0 Å². The van der Waals surface area contributed by atoms with Crippen molar-refractivity contribution in [3.63, 3.8) is 0 Å². The molecule has 0 aliphatic carbocycles. The molecule has 1 atom stereocenters. The van der Waals surface area contributed by atoms with Crippen LogP contribution in [0.5, 0.6) is 0 Å². The number of carbonyl (C=O) groups excluding carboxylic acids is 1. The van der Waals surface area contributed by atoms with Crippen molar-refractivity contribution >= 4 is 44.7 Å². The molecular weight excluding hydrogens is 597 g/mol. The van der Waals surface area contributed by atoms with Crippen LogP contribution in [0.3, 0.4) is 0 Å². The Bertz CT molecular complexity index is 1830. The molecule has 6 rings (SSSR count). The molecule has 0 spiro atoms. The van der Waals surface area contributed by atoms with Crippen LogP contribution in [0.15, 0.2) is 132 Å². The van der Waals surface area contributed by atoms with Crippen molar-refractivity contribution in [2.45, 2.75) is 13.0 Å². The van der Waals surface area contributed by atoms with Crippen LogP contribution in [0.1, 0.15) is 12.6 Å². The van der Waals surface area contributed by atoms with E-state index in [4.69, 9.17) is 8.25 Å². The first-order chi connectivity index (χ1) is 21.2. The topological polar surface area (TPSA) is 98.2 Å². The Balaban J connectivity index is 1.51. The third-order valence-electron chi connectivity index (χ3n) is 8.16. The summed E-state index contributed by atoms with van der Waals surface area (Å²) < 4.78 is 42.5. The van der Waals surface area contributed by atoms with Gasteiger partial charge in [-0.05, 0) is 0 Å². The Kier molecular flexibility index (Phi) is 7.63. The van der Waals surface area contributed by atoms with Gasteiger partial charge in [-0.3, -0.25) is 0 Å². The molecule has 226 valence electrons. The van der Waals surface area contributed by atoms with E-state index in [1.807, 2.05) is 110 Å². The minimum atomic E-state index is -4.95. The van der Waals surface area contributed by atoms with Gasteiger partial charge in [0.1, 0.15) is 0 Å². The molecule has 2 bridgehead atoms. The summed E-state index contributed by atoms with van der Waals surface area (Å²) in [5.41, 5.74) is 0.952. The fourth-order valence-electron chi connectivity index (χ4n) is 6.19.